The third kappa shape index (κ3) is 4.45. The molecule has 4 aromatic rings. The van der Waals surface area contributed by atoms with Gasteiger partial charge in [-0.05, 0) is 67.2 Å². The highest BCUT2D eigenvalue weighted by Gasteiger charge is 2.50. The van der Waals surface area contributed by atoms with Crippen molar-refractivity contribution >= 4 is 40.1 Å². The van der Waals surface area contributed by atoms with Crippen LogP contribution in [0.3, 0.4) is 0 Å². The molecule has 8 nitrogen and oxygen atoms in total. The number of halogens is 2. The summed E-state index contributed by atoms with van der Waals surface area (Å²) in [5.74, 6) is -2.94. The number of amides is 2. The number of anilines is 1. The van der Waals surface area contributed by atoms with Gasteiger partial charge in [0.1, 0.15) is 12.4 Å². The van der Waals surface area contributed by atoms with E-state index < -0.39 is 12.5 Å². The zero-order valence-electron chi connectivity index (χ0n) is 20.9. The lowest BCUT2D eigenvalue weighted by atomic mass is 9.64. The van der Waals surface area contributed by atoms with E-state index in [1.165, 1.54) is 29.5 Å². The van der Waals surface area contributed by atoms with Crippen LogP contribution in [0.1, 0.15) is 40.5 Å². The maximum Gasteiger partial charge on any atom is 0.295 e. The summed E-state index contributed by atoms with van der Waals surface area (Å²) >= 11 is 1.27. The molecule has 1 aliphatic heterocycles. The maximum absolute atomic E-state index is 14.2. The fourth-order valence-electron chi connectivity index (χ4n) is 5.76. The van der Waals surface area contributed by atoms with Gasteiger partial charge in [-0.2, -0.15) is 8.78 Å². The molecular weight excluding hydrogens is 526 g/mol. The van der Waals surface area contributed by atoms with Gasteiger partial charge in [0.2, 0.25) is 11.9 Å². The van der Waals surface area contributed by atoms with E-state index >= 15 is 0 Å². The van der Waals surface area contributed by atoms with E-state index in [-0.39, 0.29) is 34.8 Å². The van der Waals surface area contributed by atoms with E-state index in [1.807, 2.05) is 10.6 Å². The second kappa shape index (κ2) is 9.42. The number of likely N-dealkylation sites (tertiary alicyclic amines) is 1. The summed E-state index contributed by atoms with van der Waals surface area (Å²) in [6, 6.07) is 11.2. The SMILES string of the molecule is C=CC(=O)N1CCC2(CC(n3c(NC(=O)c4ccc(-c5ccco5)s4)nc4cc(C(F)(F)CO)ccc43)C2)C1. The number of aliphatic hydroxyl groups is 1. The van der Waals surface area contributed by atoms with E-state index in [0.29, 0.717) is 34.8 Å². The number of aliphatic hydroxyl groups excluding tert-OH is 1. The van der Waals surface area contributed by atoms with Gasteiger partial charge in [0.15, 0.2) is 0 Å². The molecule has 0 atom stereocenters. The zero-order valence-corrected chi connectivity index (χ0v) is 21.7. The first-order valence-electron chi connectivity index (χ1n) is 12.6. The lowest BCUT2D eigenvalue weighted by Crippen LogP contribution is -2.42. The first kappa shape index (κ1) is 25.4. The third-order valence-electron chi connectivity index (χ3n) is 7.76. The topological polar surface area (TPSA) is 101 Å². The van der Waals surface area contributed by atoms with Gasteiger partial charge in [-0.3, -0.25) is 14.9 Å². The second-order valence-electron chi connectivity index (χ2n) is 10.2. The van der Waals surface area contributed by atoms with Crippen molar-refractivity contribution in [2.75, 3.05) is 25.0 Å². The van der Waals surface area contributed by atoms with Crippen LogP contribution in [-0.2, 0) is 10.7 Å². The Morgan fingerprint density at radius 2 is 2.10 bits per heavy atom. The maximum atomic E-state index is 14.2. The Morgan fingerprint density at radius 1 is 1.28 bits per heavy atom. The average Bonchev–Trinajstić information content (AvgIpc) is 3.71. The number of rotatable bonds is 7. The normalized spacial score (nSPS) is 20.9. The van der Waals surface area contributed by atoms with Crippen molar-refractivity contribution < 1.29 is 27.9 Å². The van der Waals surface area contributed by atoms with Crippen LogP contribution in [0, 0.1) is 5.41 Å². The number of carbonyl (C=O) groups is 2. The molecule has 1 aliphatic carbocycles. The van der Waals surface area contributed by atoms with Crippen LogP contribution in [0.2, 0.25) is 0 Å². The van der Waals surface area contributed by atoms with Crippen molar-refractivity contribution in [3.05, 3.63) is 71.8 Å². The fraction of sp³-hybridized carbons (Fsp3) is 0.321. The van der Waals surface area contributed by atoms with Gasteiger partial charge in [0, 0.05) is 24.7 Å². The molecule has 39 heavy (non-hydrogen) atoms. The van der Waals surface area contributed by atoms with Gasteiger partial charge in [0.25, 0.3) is 11.8 Å². The van der Waals surface area contributed by atoms with Crippen LogP contribution in [0.5, 0.6) is 0 Å². The predicted molar refractivity (Wildman–Crippen MR) is 143 cm³/mol. The second-order valence-corrected chi connectivity index (χ2v) is 11.3. The molecule has 1 aromatic carbocycles. The summed E-state index contributed by atoms with van der Waals surface area (Å²) in [4.78, 5) is 32.9. The molecule has 0 radical (unpaired) electrons. The molecule has 11 heteroatoms. The van der Waals surface area contributed by atoms with Crippen LogP contribution in [0.25, 0.3) is 21.7 Å². The van der Waals surface area contributed by atoms with E-state index in [1.54, 1.807) is 35.4 Å². The summed E-state index contributed by atoms with van der Waals surface area (Å²) < 4.78 is 35.8. The predicted octanol–water partition coefficient (Wildman–Crippen LogP) is 5.43. The van der Waals surface area contributed by atoms with Crippen LogP contribution < -0.4 is 5.32 Å². The van der Waals surface area contributed by atoms with Crippen molar-refractivity contribution in [3.63, 3.8) is 0 Å². The van der Waals surface area contributed by atoms with Crippen LogP contribution in [0.4, 0.5) is 14.7 Å². The monoisotopic (exact) mass is 552 g/mol. The molecule has 2 N–H and O–H groups in total. The molecule has 3 aromatic heterocycles. The molecule has 1 spiro atoms. The Kier molecular flexibility index (Phi) is 6.15. The van der Waals surface area contributed by atoms with Gasteiger partial charge in [0.05, 0.1) is 27.1 Å². The number of nitrogens with zero attached hydrogens (tertiary/aromatic N) is 3. The smallest absolute Gasteiger partial charge is 0.295 e. The van der Waals surface area contributed by atoms with Crippen molar-refractivity contribution in [1.82, 2.24) is 14.5 Å². The lowest BCUT2D eigenvalue weighted by Gasteiger charge is -2.46. The van der Waals surface area contributed by atoms with Gasteiger partial charge in [-0.1, -0.05) is 12.6 Å². The van der Waals surface area contributed by atoms with Gasteiger partial charge >= 0.3 is 0 Å². The molecular formula is C28H26F2N4O4S. The first-order valence-corrected chi connectivity index (χ1v) is 13.4. The molecule has 6 rings (SSSR count). The molecule has 2 aliphatic rings. The number of carbonyl (C=O) groups excluding carboxylic acids is 2. The van der Waals surface area contributed by atoms with Crippen molar-refractivity contribution in [3.8, 4) is 10.6 Å². The molecule has 202 valence electrons. The summed E-state index contributed by atoms with van der Waals surface area (Å²) in [6.45, 7) is 3.57. The van der Waals surface area contributed by atoms with E-state index in [9.17, 15) is 18.4 Å². The summed E-state index contributed by atoms with van der Waals surface area (Å²) in [7, 11) is 0. The van der Waals surface area contributed by atoms with Gasteiger partial charge < -0.3 is 19.0 Å². The Hall–Kier alpha value is -3.83. The van der Waals surface area contributed by atoms with E-state index in [4.69, 9.17) is 9.52 Å². The minimum atomic E-state index is -3.41. The number of thiophene rings is 1. The highest BCUT2D eigenvalue weighted by atomic mass is 32.1. The highest BCUT2D eigenvalue weighted by molar-refractivity contribution is 7.17. The quantitative estimate of drug-likeness (QED) is 0.298. The summed E-state index contributed by atoms with van der Waals surface area (Å²) in [5, 5.41) is 12.0. The largest absolute Gasteiger partial charge is 0.464 e. The van der Waals surface area contributed by atoms with Crippen molar-refractivity contribution in [2.45, 2.75) is 31.2 Å². The van der Waals surface area contributed by atoms with E-state index in [2.05, 4.69) is 16.9 Å². The Balaban J connectivity index is 1.31. The molecule has 0 bridgehead atoms. The fourth-order valence-corrected chi connectivity index (χ4v) is 6.63. The number of aromatic nitrogens is 2. The Labute approximate surface area is 226 Å². The number of nitrogens with one attached hydrogen (secondary N) is 1. The summed E-state index contributed by atoms with van der Waals surface area (Å²) in [5.41, 5.74) is 0.536. The number of hydrogen-bond donors (Lipinski definition) is 2. The van der Waals surface area contributed by atoms with E-state index in [0.717, 1.165) is 24.1 Å². The van der Waals surface area contributed by atoms with Crippen molar-refractivity contribution in [2.24, 2.45) is 5.41 Å². The standard InChI is InChI=1S/C28H26F2N4O4S/c1-2-24(36)33-10-9-27(15-33)13-18(14-27)34-20-6-5-17(28(29,30)16-35)12-19(20)31-26(34)32-25(37)23-8-7-22(39-23)21-4-3-11-38-21/h2-8,11-12,18,35H,1,9-10,13-16H2,(H,31,32,37). The Bertz CT molecular complexity index is 1570. The average molecular weight is 553 g/mol. The number of fused-ring (bicyclic) bond motifs is 1. The molecule has 4 heterocycles. The molecule has 2 fully saturated rings. The minimum absolute atomic E-state index is 0.0310. The molecule has 1 saturated heterocycles. The molecule has 2 amide bonds. The van der Waals surface area contributed by atoms with Crippen molar-refractivity contribution in [1.29, 1.82) is 0 Å². The number of hydrogen-bond acceptors (Lipinski definition) is 6. The number of furan rings is 1. The minimum Gasteiger partial charge on any atom is -0.464 e. The third-order valence-corrected chi connectivity index (χ3v) is 8.86. The molecule has 0 unspecified atom stereocenters. The van der Waals surface area contributed by atoms with Gasteiger partial charge in [-0.25, -0.2) is 4.98 Å². The lowest BCUT2D eigenvalue weighted by molar-refractivity contribution is -0.125. The number of alkyl halides is 2. The van der Waals surface area contributed by atoms with Gasteiger partial charge in [-0.15, -0.1) is 11.3 Å². The van der Waals surface area contributed by atoms with Crippen LogP contribution in [0.15, 0.2) is 65.8 Å². The first-order chi connectivity index (χ1) is 18.7. The number of imidazole rings is 1. The van der Waals surface area contributed by atoms with Crippen LogP contribution in [-0.4, -0.2) is 51.1 Å². The molecule has 1 saturated carbocycles. The van der Waals surface area contributed by atoms with Crippen LogP contribution >= 0.6 is 11.3 Å². The highest BCUT2D eigenvalue weighted by Crippen LogP contribution is 2.55. The summed E-state index contributed by atoms with van der Waals surface area (Å²) in [6.07, 6.45) is 5.29. The zero-order chi connectivity index (χ0) is 27.4. The Morgan fingerprint density at radius 3 is 2.82 bits per heavy atom. The number of benzene rings is 1.